The third-order valence-electron chi connectivity index (χ3n) is 5.29. The van der Waals surface area contributed by atoms with Gasteiger partial charge in [-0.3, -0.25) is 4.79 Å². The second-order valence-corrected chi connectivity index (χ2v) is 9.72. The first-order chi connectivity index (χ1) is 14.4. The van der Waals surface area contributed by atoms with Crippen molar-refractivity contribution in [1.82, 2.24) is 19.4 Å². The highest BCUT2D eigenvalue weighted by Crippen LogP contribution is 2.34. The summed E-state index contributed by atoms with van der Waals surface area (Å²) in [6.45, 7) is 3.36. The number of nitrogens with zero attached hydrogens (tertiary/aromatic N) is 3. The molecule has 0 radical (unpaired) electrons. The lowest BCUT2D eigenvalue weighted by molar-refractivity contribution is -0.138. The molecular weight excluding hydrogens is 433 g/mol. The molecule has 1 unspecified atom stereocenters. The van der Waals surface area contributed by atoms with Gasteiger partial charge in [0.1, 0.15) is 6.04 Å². The van der Waals surface area contributed by atoms with Crippen molar-refractivity contribution in [2.75, 3.05) is 12.8 Å². The Morgan fingerprint density at radius 1 is 1.23 bits per heavy atom. The van der Waals surface area contributed by atoms with Crippen LogP contribution >= 0.6 is 0 Å². The van der Waals surface area contributed by atoms with Gasteiger partial charge in [0.15, 0.2) is 0 Å². The minimum atomic E-state index is -4.63. The zero-order valence-corrected chi connectivity index (χ0v) is 18.3. The van der Waals surface area contributed by atoms with E-state index >= 15 is 0 Å². The monoisotopic (exact) mass is 458 g/mol. The number of aryl methyl sites for hydroxylation is 2. The molecule has 1 saturated heterocycles. The molecule has 3 rings (SSSR count). The molecule has 1 fully saturated rings. The first-order valence-electron chi connectivity index (χ1n) is 9.86. The maximum atomic E-state index is 13.7. The summed E-state index contributed by atoms with van der Waals surface area (Å²) >= 11 is 0. The fourth-order valence-electron chi connectivity index (χ4n) is 3.87. The molecule has 1 amide bonds. The van der Waals surface area contributed by atoms with Gasteiger partial charge in [-0.15, -0.1) is 0 Å². The number of rotatable bonds is 5. The normalized spacial score (nSPS) is 18.2. The third-order valence-corrected chi connectivity index (χ3v) is 6.58. The highest BCUT2D eigenvalue weighted by Gasteiger charge is 2.36. The summed E-state index contributed by atoms with van der Waals surface area (Å²) in [6, 6.07) is 4.68. The van der Waals surface area contributed by atoms with Gasteiger partial charge < -0.3 is 5.32 Å². The number of alkyl halides is 3. The van der Waals surface area contributed by atoms with Gasteiger partial charge in [-0.25, -0.2) is 13.1 Å². The predicted molar refractivity (Wildman–Crippen MR) is 109 cm³/mol. The molecule has 1 aliphatic rings. The molecule has 7 nitrogen and oxygen atoms in total. The van der Waals surface area contributed by atoms with Gasteiger partial charge in [0, 0.05) is 18.8 Å². The number of benzene rings is 1. The standard InChI is InChI=1S/C20H25F3N4O3S/c1-13-10-14(2)27(25-13)16-8-7-15(17(11-16)20(21,22)23)12-24-19(28)18-6-4-5-9-26(18)31(3,29)30/h7-8,10-11,18H,4-6,9,12H2,1-3H3,(H,24,28). The summed E-state index contributed by atoms with van der Waals surface area (Å²) < 4.78 is 67.6. The van der Waals surface area contributed by atoms with Crippen molar-refractivity contribution in [1.29, 1.82) is 0 Å². The smallest absolute Gasteiger partial charge is 0.351 e. The molecule has 170 valence electrons. The summed E-state index contributed by atoms with van der Waals surface area (Å²) in [4.78, 5) is 12.6. The van der Waals surface area contributed by atoms with Crippen LogP contribution in [0, 0.1) is 13.8 Å². The molecule has 2 heterocycles. The Bertz CT molecular complexity index is 1080. The largest absolute Gasteiger partial charge is 0.416 e. The van der Waals surface area contributed by atoms with Crippen LogP contribution in [0.25, 0.3) is 5.69 Å². The number of carbonyl (C=O) groups excluding carboxylic acids is 1. The quantitative estimate of drug-likeness (QED) is 0.747. The van der Waals surface area contributed by atoms with Crippen molar-refractivity contribution in [3.63, 3.8) is 0 Å². The van der Waals surface area contributed by atoms with Gasteiger partial charge in [0.25, 0.3) is 0 Å². The van der Waals surface area contributed by atoms with Crippen molar-refractivity contribution in [2.24, 2.45) is 0 Å². The minimum Gasteiger partial charge on any atom is -0.351 e. The van der Waals surface area contributed by atoms with E-state index in [2.05, 4.69) is 10.4 Å². The van der Waals surface area contributed by atoms with Crippen molar-refractivity contribution < 1.29 is 26.4 Å². The summed E-state index contributed by atoms with van der Waals surface area (Å²) in [5, 5.41) is 6.71. The Balaban J connectivity index is 1.84. The lowest BCUT2D eigenvalue weighted by Gasteiger charge is -2.32. The van der Waals surface area contributed by atoms with E-state index in [1.807, 2.05) is 0 Å². The van der Waals surface area contributed by atoms with Gasteiger partial charge in [-0.05, 0) is 50.5 Å². The molecule has 31 heavy (non-hydrogen) atoms. The molecule has 0 saturated carbocycles. The lowest BCUT2D eigenvalue weighted by atomic mass is 10.0. The molecule has 1 atom stereocenters. The number of hydrogen-bond donors (Lipinski definition) is 1. The van der Waals surface area contributed by atoms with Crippen LogP contribution in [-0.2, 0) is 27.5 Å². The molecule has 1 N–H and O–H groups in total. The average molecular weight is 459 g/mol. The van der Waals surface area contributed by atoms with Crippen molar-refractivity contribution in [2.45, 2.75) is 51.9 Å². The average Bonchev–Trinajstić information content (AvgIpc) is 3.02. The zero-order valence-electron chi connectivity index (χ0n) is 17.5. The number of sulfonamides is 1. The van der Waals surface area contributed by atoms with Gasteiger partial charge in [0.05, 0.1) is 23.2 Å². The molecule has 11 heteroatoms. The first-order valence-corrected chi connectivity index (χ1v) is 11.7. The molecule has 0 bridgehead atoms. The van der Waals surface area contributed by atoms with Crippen molar-refractivity contribution in [3.05, 3.63) is 46.8 Å². The molecule has 0 aliphatic carbocycles. The number of hydrogen-bond acceptors (Lipinski definition) is 4. The first kappa shape index (κ1) is 23.3. The van der Waals surface area contributed by atoms with E-state index in [-0.39, 0.29) is 24.3 Å². The number of piperidine rings is 1. The number of nitrogens with one attached hydrogen (secondary N) is 1. The highest BCUT2D eigenvalue weighted by molar-refractivity contribution is 7.88. The van der Waals surface area contributed by atoms with Crippen LogP contribution in [0.5, 0.6) is 0 Å². The fraction of sp³-hybridized carbons (Fsp3) is 0.500. The Labute approximate surface area is 179 Å². The van der Waals surface area contributed by atoms with Crippen molar-refractivity contribution >= 4 is 15.9 Å². The zero-order chi connectivity index (χ0) is 23.0. The second kappa shape index (κ2) is 8.62. The molecule has 1 aromatic heterocycles. The van der Waals surface area contributed by atoms with Gasteiger partial charge in [-0.2, -0.15) is 22.6 Å². The van der Waals surface area contributed by atoms with Crippen LogP contribution < -0.4 is 5.32 Å². The molecular formula is C20H25F3N4O3S. The highest BCUT2D eigenvalue weighted by atomic mass is 32.2. The topological polar surface area (TPSA) is 84.3 Å². The number of halogens is 3. The van der Waals surface area contributed by atoms with Crippen LogP contribution in [0.3, 0.4) is 0 Å². The van der Waals surface area contributed by atoms with Crippen LogP contribution in [0.4, 0.5) is 13.2 Å². The second-order valence-electron chi connectivity index (χ2n) is 7.78. The fourth-order valence-corrected chi connectivity index (χ4v) is 4.99. The summed E-state index contributed by atoms with van der Waals surface area (Å²) in [7, 11) is -3.59. The van der Waals surface area contributed by atoms with Gasteiger partial charge in [-0.1, -0.05) is 12.5 Å². The summed E-state index contributed by atoms with van der Waals surface area (Å²) in [6.07, 6.45) is -1.95. The van der Waals surface area contributed by atoms with E-state index in [9.17, 15) is 26.4 Å². The Kier molecular flexibility index (Phi) is 6.47. The molecule has 2 aromatic rings. The Hall–Kier alpha value is -2.40. The van der Waals surface area contributed by atoms with Gasteiger partial charge >= 0.3 is 6.18 Å². The molecule has 1 aliphatic heterocycles. The number of carbonyl (C=O) groups is 1. The summed E-state index contributed by atoms with van der Waals surface area (Å²) in [5.74, 6) is -0.596. The SMILES string of the molecule is Cc1cc(C)n(-c2ccc(CNC(=O)C3CCCCN3S(C)(=O)=O)c(C(F)(F)F)c2)n1. The maximum Gasteiger partial charge on any atom is 0.416 e. The predicted octanol–water partition coefficient (Wildman–Crippen LogP) is 2.94. The van der Waals surface area contributed by atoms with Gasteiger partial charge in [0.2, 0.25) is 15.9 Å². The van der Waals surface area contributed by atoms with Crippen LogP contribution in [-0.4, -0.2) is 47.3 Å². The summed E-state index contributed by atoms with van der Waals surface area (Å²) in [5.41, 5.74) is 0.674. The lowest BCUT2D eigenvalue weighted by Crippen LogP contribution is -2.51. The van der Waals surface area contributed by atoms with E-state index in [1.165, 1.54) is 16.8 Å². The van der Waals surface area contributed by atoms with E-state index in [0.29, 0.717) is 30.7 Å². The van der Waals surface area contributed by atoms with E-state index < -0.39 is 33.7 Å². The third kappa shape index (κ3) is 5.27. The van der Waals surface area contributed by atoms with Crippen LogP contribution in [0.2, 0.25) is 0 Å². The molecule has 1 aromatic carbocycles. The van der Waals surface area contributed by atoms with E-state index in [1.54, 1.807) is 19.9 Å². The van der Waals surface area contributed by atoms with Crippen LogP contribution in [0.15, 0.2) is 24.3 Å². The Morgan fingerprint density at radius 3 is 2.52 bits per heavy atom. The van der Waals surface area contributed by atoms with E-state index in [0.717, 1.165) is 16.6 Å². The Morgan fingerprint density at radius 2 is 1.94 bits per heavy atom. The minimum absolute atomic E-state index is 0.104. The number of amides is 1. The van der Waals surface area contributed by atoms with Crippen LogP contribution in [0.1, 0.15) is 41.8 Å². The maximum absolute atomic E-state index is 13.7. The van der Waals surface area contributed by atoms with E-state index in [4.69, 9.17) is 0 Å². The number of aromatic nitrogens is 2. The van der Waals surface area contributed by atoms with Crippen molar-refractivity contribution in [3.8, 4) is 5.69 Å². The molecule has 0 spiro atoms.